The van der Waals surface area contributed by atoms with Gasteiger partial charge >= 0.3 is 0 Å². The Morgan fingerprint density at radius 2 is 1.70 bits per heavy atom. The number of hydrogen-bond donors (Lipinski definition) is 2. The second-order valence-electron chi connectivity index (χ2n) is 7.26. The summed E-state index contributed by atoms with van der Waals surface area (Å²) >= 11 is 6.38. The highest BCUT2D eigenvalue weighted by atomic mass is 35.5. The van der Waals surface area contributed by atoms with Gasteiger partial charge in [-0.1, -0.05) is 41.9 Å². The Kier molecular flexibility index (Phi) is 4.90. The molecule has 5 rings (SSSR count). The lowest BCUT2D eigenvalue weighted by atomic mass is 10.1. The van der Waals surface area contributed by atoms with Crippen LogP contribution in [-0.2, 0) is 19.5 Å². The van der Waals surface area contributed by atoms with Crippen LogP contribution in [0.1, 0.15) is 17.0 Å². The van der Waals surface area contributed by atoms with E-state index in [2.05, 4.69) is 24.8 Å². The molecule has 1 aliphatic rings. The first-order chi connectivity index (χ1) is 14.7. The van der Waals surface area contributed by atoms with Crippen molar-refractivity contribution in [2.75, 3.05) is 6.54 Å². The van der Waals surface area contributed by atoms with Gasteiger partial charge in [0.25, 0.3) is 5.56 Å². The lowest BCUT2D eigenvalue weighted by molar-refractivity contribution is 0.239. The van der Waals surface area contributed by atoms with Crippen LogP contribution >= 0.6 is 11.6 Å². The smallest absolute Gasteiger partial charge is 0.255 e. The molecule has 0 saturated carbocycles. The molecule has 2 N–H and O–H groups in total. The number of aromatic amines is 2. The minimum atomic E-state index is -0.0998. The van der Waals surface area contributed by atoms with E-state index in [-0.39, 0.29) is 5.56 Å². The lowest BCUT2D eigenvalue weighted by Gasteiger charge is -2.27. The summed E-state index contributed by atoms with van der Waals surface area (Å²) in [6.45, 7) is 1.89. The predicted molar refractivity (Wildman–Crippen MR) is 115 cm³/mol. The quantitative estimate of drug-likeness (QED) is 0.529. The van der Waals surface area contributed by atoms with Crippen molar-refractivity contribution in [3.8, 4) is 22.8 Å². The van der Waals surface area contributed by atoms with Crippen molar-refractivity contribution in [1.82, 2.24) is 29.8 Å². The van der Waals surface area contributed by atoms with Crippen molar-refractivity contribution in [2.45, 2.75) is 19.5 Å². The minimum absolute atomic E-state index is 0.0998. The Hall–Kier alpha value is -3.29. The Morgan fingerprint density at radius 1 is 0.967 bits per heavy atom. The summed E-state index contributed by atoms with van der Waals surface area (Å²) < 4.78 is 0. The number of pyridine rings is 1. The fourth-order valence-corrected chi connectivity index (χ4v) is 3.90. The summed E-state index contributed by atoms with van der Waals surface area (Å²) in [4.78, 5) is 34.3. The van der Waals surface area contributed by atoms with Crippen LogP contribution in [-0.4, -0.2) is 36.4 Å². The van der Waals surface area contributed by atoms with E-state index >= 15 is 0 Å². The van der Waals surface area contributed by atoms with Crippen molar-refractivity contribution in [2.24, 2.45) is 0 Å². The van der Waals surface area contributed by atoms with Gasteiger partial charge in [0.15, 0.2) is 5.15 Å². The van der Waals surface area contributed by atoms with Gasteiger partial charge in [0, 0.05) is 49.6 Å². The molecule has 0 bridgehead atoms. The largest absolute Gasteiger partial charge is 0.339 e. The molecule has 8 heteroatoms. The molecule has 3 aromatic heterocycles. The van der Waals surface area contributed by atoms with Crippen molar-refractivity contribution in [3.63, 3.8) is 0 Å². The van der Waals surface area contributed by atoms with E-state index in [1.807, 2.05) is 42.5 Å². The first kappa shape index (κ1) is 18.7. The number of aromatic nitrogens is 5. The third-order valence-corrected chi connectivity index (χ3v) is 5.57. The molecule has 0 unspecified atom stereocenters. The molecule has 1 aliphatic heterocycles. The fraction of sp³-hybridized carbons (Fsp3) is 0.182. The molecule has 150 valence electrons. The molecule has 30 heavy (non-hydrogen) atoms. The van der Waals surface area contributed by atoms with Crippen LogP contribution in [0.25, 0.3) is 22.8 Å². The van der Waals surface area contributed by atoms with Gasteiger partial charge in [-0.3, -0.25) is 14.7 Å². The molecule has 0 aliphatic carbocycles. The van der Waals surface area contributed by atoms with Crippen molar-refractivity contribution >= 4 is 11.6 Å². The number of H-pyrrole nitrogens is 2. The normalized spacial score (nSPS) is 13.9. The van der Waals surface area contributed by atoms with Crippen molar-refractivity contribution in [3.05, 3.63) is 87.3 Å². The molecular weight excluding hydrogens is 400 g/mol. The summed E-state index contributed by atoms with van der Waals surface area (Å²) in [7, 11) is 0. The summed E-state index contributed by atoms with van der Waals surface area (Å²) in [5, 5.41) is 0.458. The van der Waals surface area contributed by atoms with Crippen LogP contribution in [0.5, 0.6) is 0 Å². The third kappa shape index (κ3) is 3.65. The minimum Gasteiger partial charge on any atom is -0.339 e. The standard InChI is InChI=1S/C22H19ClN6O/c23-19-18(26-20(27-19)14-4-2-1-3-5-14)13-29-11-8-17-16(12-29)22(30)28-21(25-17)15-6-9-24-10-7-15/h1-7,9-10H,8,11-13H2,(H,26,27)(H,25,28,30). The first-order valence-electron chi connectivity index (χ1n) is 9.72. The van der Waals surface area contributed by atoms with Gasteiger partial charge in [-0.05, 0) is 12.1 Å². The second-order valence-corrected chi connectivity index (χ2v) is 7.62. The molecule has 1 aromatic carbocycles. The molecule has 7 nitrogen and oxygen atoms in total. The van der Waals surface area contributed by atoms with E-state index in [9.17, 15) is 4.79 Å². The Balaban J connectivity index is 1.37. The maximum atomic E-state index is 12.7. The van der Waals surface area contributed by atoms with Gasteiger partial charge in [0.05, 0.1) is 17.0 Å². The monoisotopic (exact) mass is 418 g/mol. The highest BCUT2D eigenvalue weighted by molar-refractivity contribution is 6.30. The first-order valence-corrected chi connectivity index (χ1v) is 10.1. The molecule has 0 fully saturated rings. The van der Waals surface area contributed by atoms with E-state index < -0.39 is 0 Å². The van der Waals surface area contributed by atoms with Crippen LogP contribution in [0, 0.1) is 0 Å². The summed E-state index contributed by atoms with van der Waals surface area (Å²) in [5.74, 6) is 1.33. The zero-order chi connectivity index (χ0) is 20.5. The van der Waals surface area contributed by atoms with E-state index in [0.29, 0.717) is 36.1 Å². The molecule has 0 radical (unpaired) electrons. The zero-order valence-electron chi connectivity index (χ0n) is 16.1. The van der Waals surface area contributed by atoms with Gasteiger partial charge in [0.2, 0.25) is 0 Å². The second kappa shape index (κ2) is 7.85. The Morgan fingerprint density at radius 3 is 2.50 bits per heavy atom. The predicted octanol–water partition coefficient (Wildman–Crippen LogP) is 3.43. The SMILES string of the molecule is O=c1[nH]c(-c2ccncc2)nc2c1CN(Cc1[nH]c(-c3ccccc3)nc1Cl)CC2. The lowest BCUT2D eigenvalue weighted by Crippen LogP contribution is -2.35. The van der Waals surface area contributed by atoms with Gasteiger partial charge in [-0.25, -0.2) is 9.97 Å². The summed E-state index contributed by atoms with van der Waals surface area (Å²) in [6.07, 6.45) is 4.08. The van der Waals surface area contributed by atoms with Crippen LogP contribution in [0.15, 0.2) is 59.7 Å². The molecule has 0 amide bonds. The number of hydrogen-bond acceptors (Lipinski definition) is 5. The number of halogens is 1. The number of benzene rings is 1. The van der Waals surface area contributed by atoms with Crippen LogP contribution in [0.4, 0.5) is 0 Å². The average molecular weight is 419 g/mol. The maximum absolute atomic E-state index is 12.7. The van der Waals surface area contributed by atoms with Gasteiger partial charge in [-0.2, -0.15) is 0 Å². The fourth-order valence-electron chi connectivity index (χ4n) is 3.71. The van der Waals surface area contributed by atoms with Crippen molar-refractivity contribution < 1.29 is 0 Å². The maximum Gasteiger partial charge on any atom is 0.255 e. The van der Waals surface area contributed by atoms with E-state index in [0.717, 1.165) is 34.9 Å². The Labute approximate surface area is 177 Å². The van der Waals surface area contributed by atoms with Crippen molar-refractivity contribution in [1.29, 1.82) is 0 Å². The van der Waals surface area contributed by atoms with Gasteiger partial charge in [0.1, 0.15) is 11.6 Å². The number of fused-ring (bicyclic) bond motifs is 1. The Bertz CT molecular complexity index is 1240. The highest BCUT2D eigenvalue weighted by Crippen LogP contribution is 2.24. The number of rotatable bonds is 4. The molecule has 0 atom stereocenters. The summed E-state index contributed by atoms with van der Waals surface area (Å²) in [6, 6.07) is 13.5. The highest BCUT2D eigenvalue weighted by Gasteiger charge is 2.23. The van der Waals surface area contributed by atoms with Crippen LogP contribution in [0.3, 0.4) is 0 Å². The molecule has 4 aromatic rings. The third-order valence-electron chi connectivity index (χ3n) is 5.26. The molecule has 0 saturated heterocycles. The topological polar surface area (TPSA) is 90.6 Å². The zero-order valence-corrected chi connectivity index (χ0v) is 16.9. The van der Waals surface area contributed by atoms with Gasteiger partial charge < -0.3 is 9.97 Å². The van der Waals surface area contributed by atoms with Crippen LogP contribution in [0.2, 0.25) is 5.15 Å². The van der Waals surface area contributed by atoms with E-state index in [4.69, 9.17) is 16.6 Å². The number of nitrogens with zero attached hydrogens (tertiary/aromatic N) is 4. The average Bonchev–Trinajstić information content (AvgIpc) is 3.15. The van der Waals surface area contributed by atoms with E-state index in [1.54, 1.807) is 12.4 Å². The van der Waals surface area contributed by atoms with Crippen LogP contribution < -0.4 is 5.56 Å². The van der Waals surface area contributed by atoms with E-state index in [1.165, 1.54) is 0 Å². The number of imidazole rings is 1. The molecular formula is C22H19ClN6O. The van der Waals surface area contributed by atoms with Gasteiger partial charge in [-0.15, -0.1) is 0 Å². The molecule has 0 spiro atoms. The molecule has 4 heterocycles. The number of nitrogens with one attached hydrogen (secondary N) is 2. The summed E-state index contributed by atoms with van der Waals surface area (Å²) in [5.41, 5.74) is 4.14.